The minimum atomic E-state index is 0.333. The van der Waals surface area contributed by atoms with Crippen LogP contribution in [-0.4, -0.2) is 0 Å². The molecule has 1 unspecified atom stereocenters. The van der Waals surface area contributed by atoms with Crippen LogP contribution >= 0.6 is 0 Å². The highest BCUT2D eigenvalue weighted by atomic mass is 14.6. The first-order chi connectivity index (χ1) is 10.1. The summed E-state index contributed by atoms with van der Waals surface area (Å²) < 4.78 is 0. The third-order valence-corrected chi connectivity index (χ3v) is 8.18. The lowest BCUT2D eigenvalue weighted by molar-refractivity contribution is -0.0375. The average Bonchev–Trinajstić information content (AvgIpc) is 2.88. The standard InChI is InChI=1S/C21H30/c1-4-15-7-5-8-16-10-11-17-18-9-6-13-20(18,2)14-12-19(17)21(15,16)3/h1,10,15,17-19H,5-9,11-14H2,2-3H3/t15?,17-,18-,19+,20-,21-/m0/s1. The van der Waals surface area contributed by atoms with Crippen LogP contribution in [-0.2, 0) is 0 Å². The summed E-state index contributed by atoms with van der Waals surface area (Å²) in [7, 11) is 0. The second kappa shape index (κ2) is 4.65. The van der Waals surface area contributed by atoms with E-state index in [1.54, 1.807) is 5.57 Å². The van der Waals surface area contributed by atoms with Gasteiger partial charge in [-0.15, -0.1) is 12.3 Å². The molecule has 114 valence electrons. The van der Waals surface area contributed by atoms with E-state index in [4.69, 9.17) is 6.42 Å². The van der Waals surface area contributed by atoms with E-state index in [0.29, 0.717) is 16.7 Å². The predicted octanol–water partition coefficient (Wildman–Crippen LogP) is 5.59. The third-order valence-electron chi connectivity index (χ3n) is 8.18. The predicted molar refractivity (Wildman–Crippen MR) is 88.6 cm³/mol. The van der Waals surface area contributed by atoms with Crippen LogP contribution < -0.4 is 0 Å². The van der Waals surface area contributed by atoms with Gasteiger partial charge in [0.1, 0.15) is 0 Å². The Kier molecular flexibility index (Phi) is 3.08. The Morgan fingerprint density at radius 3 is 2.76 bits per heavy atom. The van der Waals surface area contributed by atoms with E-state index in [0.717, 1.165) is 17.8 Å². The van der Waals surface area contributed by atoms with Gasteiger partial charge in [0.25, 0.3) is 0 Å². The van der Waals surface area contributed by atoms with Gasteiger partial charge in [-0.3, -0.25) is 0 Å². The minimum absolute atomic E-state index is 0.333. The summed E-state index contributed by atoms with van der Waals surface area (Å²) in [5.74, 6) is 6.47. The second-order valence-corrected chi connectivity index (χ2v) is 8.82. The molecule has 0 aromatic heterocycles. The molecule has 0 aliphatic heterocycles. The van der Waals surface area contributed by atoms with Crippen molar-refractivity contribution in [3.8, 4) is 12.3 Å². The van der Waals surface area contributed by atoms with E-state index in [9.17, 15) is 0 Å². The van der Waals surface area contributed by atoms with Crippen molar-refractivity contribution in [3.05, 3.63) is 11.6 Å². The topological polar surface area (TPSA) is 0 Å². The van der Waals surface area contributed by atoms with Crippen LogP contribution in [0.4, 0.5) is 0 Å². The Bertz CT molecular complexity index is 507. The summed E-state index contributed by atoms with van der Waals surface area (Å²) in [4.78, 5) is 0. The molecule has 0 radical (unpaired) electrons. The van der Waals surface area contributed by atoms with Gasteiger partial charge in [0.05, 0.1) is 0 Å². The monoisotopic (exact) mass is 282 g/mol. The molecule has 4 aliphatic rings. The third kappa shape index (κ3) is 1.76. The van der Waals surface area contributed by atoms with Crippen molar-refractivity contribution in [2.45, 2.75) is 71.6 Å². The number of terminal acetylenes is 1. The van der Waals surface area contributed by atoms with Crippen molar-refractivity contribution in [1.29, 1.82) is 0 Å². The van der Waals surface area contributed by atoms with E-state index in [1.165, 1.54) is 57.8 Å². The van der Waals surface area contributed by atoms with E-state index < -0.39 is 0 Å². The van der Waals surface area contributed by atoms with Crippen molar-refractivity contribution < 1.29 is 0 Å². The number of fused-ring (bicyclic) bond motifs is 5. The Balaban J connectivity index is 1.74. The molecule has 6 atom stereocenters. The highest BCUT2D eigenvalue weighted by Gasteiger charge is 2.57. The van der Waals surface area contributed by atoms with Gasteiger partial charge in [-0.1, -0.05) is 31.9 Å². The van der Waals surface area contributed by atoms with Crippen LogP contribution in [0, 0.1) is 46.8 Å². The molecular weight excluding hydrogens is 252 g/mol. The lowest BCUT2D eigenvalue weighted by Crippen LogP contribution is -2.51. The van der Waals surface area contributed by atoms with Gasteiger partial charge in [0, 0.05) is 11.3 Å². The van der Waals surface area contributed by atoms with Gasteiger partial charge in [-0.05, 0) is 74.5 Å². The highest BCUT2D eigenvalue weighted by Crippen LogP contribution is 2.65. The maximum atomic E-state index is 5.97. The summed E-state index contributed by atoms with van der Waals surface area (Å²) in [5, 5.41) is 0. The van der Waals surface area contributed by atoms with E-state index in [-0.39, 0.29) is 0 Å². The largest absolute Gasteiger partial charge is 0.120 e. The van der Waals surface area contributed by atoms with Gasteiger partial charge in [-0.2, -0.15) is 0 Å². The van der Waals surface area contributed by atoms with Crippen molar-refractivity contribution in [2.75, 3.05) is 0 Å². The first-order valence-electron chi connectivity index (χ1n) is 9.25. The van der Waals surface area contributed by atoms with Gasteiger partial charge >= 0.3 is 0 Å². The van der Waals surface area contributed by atoms with Crippen molar-refractivity contribution in [2.24, 2.45) is 34.5 Å². The Labute approximate surface area is 130 Å². The zero-order chi connectivity index (χ0) is 14.7. The van der Waals surface area contributed by atoms with Crippen LogP contribution in [0.3, 0.4) is 0 Å². The van der Waals surface area contributed by atoms with Crippen LogP contribution in [0.1, 0.15) is 71.6 Å². The summed E-state index contributed by atoms with van der Waals surface area (Å²) in [5.41, 5.74) is 2.72. The minimum Gasteiger partial charge on any atom is -0.120 e. The quantitative estimate of drug-likeness (QED) is 0.401. The zero-order valence-electron chi connectivity index (χ0n) is 13.8. The first kappa shape index (κ1) is 13.9. The Hall–Kier alpha value is -0.700. The summed E-state index contributed by atoms with van der Waals surface area (Å²) in [6.45, 7) is 5.12. The fraction of sp³-hybridized carbons (Fsp3) is 0.810. The van der Waals surface area contributed by atoms with Gasteiger partial charge < -0.3 is 0 Å². The van der Waals surface area contributed by atoms with Crippen LogP contribution in [0.5, 0.6) is 0 Å². The van der Waals surface area contributed by atoms with Crippen molar-refractivity contribution in [1.82, 2.24) is 0 Å². The van der Waals surface area contributed by atoms with Gasteiger partial charge in [-0.25, -0.2) is 0 Å². The summed E-state index contributed by atoms with van der Waals surface area (Å²) in [6.07, 6.45) is 21.2. The molecule has 21 heavy (non-hydrogen) atoms. The molecule has 3 saturated carbocycles. The fourth-order valence-corrected chi connectivity index (χ4v) is 7.00. The SMILES string of the molecule is C#CC1CCCC2=CC[C@@H]3[C@@H](CC[C@]4(C)CCC[C@@H]34)[C@]21C. The molecular formula is C21H30. The fourth-order valence-electron chi connectivity index (χ4n) is 7.00. The van der Waals surface area contributed by atoms with E-state index >= 15 is 0 Å². The molecule has 0 N–H and O–H groups in total. The number of rotatable bonds is 0. The number of hydrogen-bond donors (Lipinski definition) is 0. The molecule has 0 aromatic rings. The average molecular weight is 282 g/mol. The molecule has 4 aliphatic carbocycles. The van der Waals surface area contributed by atoms with Crippen LogP contribution in [0.2, 0.25) is 0 Å². The molecule has 0 heteroatoms. The molecule has 0 nitrogen and oxygen atoms in total. The molecule has 4 rings (SSSR count). The normalized spacial score (nSPS) is 52.1. The second-order valence-electron chi connectivity index (χ2n) is 8.82. The maximum absolute atomic E-state index is 5.97. The van der Waals surface area contributed by atoms with Gasteiger partial charge in [0.15, 0.2) is 0 Å². The lowest BCUT2D eigenvalue weighted by Gasteiger charge is -2.58. The molecule has 3 fully saturated rings. The molecule has 0 bridgehead atoms. The zero-order valence-corrected chi connectivity index (χ0v) is 13.8. The van der Waals surface area contributed by atoms with E-state index in [1.807, 2.05) is 0 Å². The Morgan fingerprint density at radius 1 is 1.10 bits per heavy atom. The summed E-state index contributed by atoms with van der Waals surface area (Å²) >= 11 is 0. The molecule has 0 amide bonds. The summed E-state index contributed by atoms with van der Waals surface area (Å²) in [6, 6.07) is 0. The molecule has 0 spiro atoms. The first-order valence-corrected chi connectivity index (χ1v) is 9.25. The number of allylic oxidation sites excluding steroid dienone is 2. The maximum Gasteiger partial charge on any atom is 0.0294 e. The van der Waals surface area contributed by atoms with Crippen LogP contribution in [0.15, 0.2) is 11.6 Å². The van der Waals surface area contributed by atoms with Crippen molar-refractivity contribution in [3.63, 3.8) is 0 Å². The van der Waals surface area contributed by atoms with Gasteiger partial charge in [0.2, 0.25) is 0 Å². The highest BCUT2D eigenvalue weighted by molar-refractivity contribution is 5.29. The molecule has 0 heterocycles. The lowest BCUT2D eigenvalue weighted by atomic mass is 9.46. The Morgan fingerprint density at radius 2 is 1.95 bits per heavy atom. The molecule has 0 saturated heterocycles. The van der Waals surface area contributed by atoms with E-state index in [2.05, 4.69) is 25.8 Å². The smallest absolute Gasteiger partial charge is 0.0294 e. The number of hydrogen-bond acceptors (Lipinski definition) is 0. The molecule has 0 aromatic carbocycles. The van der Waals surface area contributed by atoms with Crippen molar-refractivity contribution >= 4 is 0 Å². The van der Waals surface area contributed by atoms with Crippen LogP contribution in [0.25, 0.3) is 0 Å².